The van der Waals surface area contributed by atoms with Gasteiger partial charge >= 0.3 is 12.1 Å². The van der Waals surface area contributed by atoms with Crippen LogP contribution in [0.2, 0.25) is 0 Å². The largest absolute Gasteiger partial charge is 0.444 e. The molecule has 8 heteroatoms. The Balaban J connectivity index is 1.50. The normalized spacial score (nSPS) is 18.7. The van der Waals surface area contributed by atoms with Gasteiger partial charge in [0.15, 0.2) is 0 Å². The van der Waals surface area contributed by atoms with E-state index < -0.39 is 5.60 Å². The van der Waals surface area contributed by atoms with E-state index in [0.29, 0.717) is 43.2 Å². The van der Waals surface area contributed by atoms with Crippen LogP contribution in [-0.4, -0.2) is 66.2 Å². The van der Waals surface area contributed by atoms with Gasteiger partial charge in [-0.05, 0) is 70.2 Å². The van der Waals surface area contributed by atoms with Gasteiger partial charge in [0, 0.05) is 37.9 Å². The van der Waals surface area contributed by atoms with Crippen molar-refractivity contribution in [3.05, 3.63) is 29.8 Å². The van der Waals surface area contributed by atoms with Crippen molar-refractivity contribution in [2.24, 2.45) is 5.92 Å². The maximum atomic E-state index is 12.8. The molecule has 0 bridgehead atoms. The number of carbonyl (C=O) groups excluding carboxylic acids is 3. The molecule has 3 rings (SSSR count). The van der Waals surface area contributed by atoms with Crippen molar-refractivity contribution in [3.8, 4) is 0 Å². The maximum absolute atomic E-state index is 12.8. The van der Waals surface area contributed by atoms with Gasteiger partial charge in [-0.2, -0.15) is 0 Å². The summed E-state index contributed by atoms with van der Waals surface area (Å²) < 4.78 is 5.42. The number of rotatable bonds is 5. The Morgan fingerprint density at radius 2 is 1.80 bits per heavy atom. The number of amides is 4. The highest BCUT2D eigenvalue weighted by atomic mass is 16.6. The summed E-state index contributed by atoms with van der Waals surface area (Å²) in [7, 11) is 1.75. The highest BCUT2D eigenvalue weighted by Crippen LogP contribution is 2.27. The highest BCUT2D eigenvalue weighted by Gasteiger charge is 2.33. The van der Waals surface area contributed by atoms with Gasteiger partial charge in [-0.3, -0.25) is 4.79 Å². The number of hydrogen-bond donors (Lipinski definition) is 2. The average molecular weight is 417 g/mol. The third-order valence-corrected chi connectivity index (χ3v) is 5.32. The molecule has 1 saturated heterocycles. The zero-order valence-corrected chi connectivity index (χ0v) is 18.2. The molecular weight excluding hydrogens is 384 g/mol. The fraction of sp³-hybridized carbons (Fsp3) is 0.591. The monoisotopic (exact) mass is 416 g/mol. The molecule has 1 aromatic rings. The number of anilines is 1. The number of carbonyl (C=O) groups is 3. The molecule has 0 aromatic heterocycles. The lowest BCUT2D eigenvalue weighted by atomic mass is 10.1. The second-order valence-electron chi connectivity index (χ2n) is 9.14. The molecule has 1 aliphatic carbocycles. The van der Waals surface area contributed by atoms with Gasteiger partial charge in [-0.25, -0.2) is 9.59 Å². The molecular formula is C22H32N4O4. The topological polar surface area (TPSA) is 91.0 Å². The zero-order chi connectivity index (χ0) is 21.9. The number of benzene rings is 1. The highest BCUT2D eigenvalue weighted by molar-refractivity contribution is 5.95. The minimum atomic E-state index is -0.540. The van der Waals surface area contributed by atoms with Crippen LogP contribution >= 0.6 is 0 Å². The van der Waals surface area contributed by atoms with Gasteiger partial charge in [0.1, 0.15) is 5.60 Å². The lowest BCUT2D eigenvalue weighted by Gasteiger charge is -2.27. The first-order valence-electron chi connectivity index (χ1n) is 10.5. The minimum Gasteiger partial charge on any atom is -0.444 e. The standard InChI is InChI=1S/C22H32N4O4/c1-22(2,3)30-21(29)26-12-11-18(14-26)25(4)19(27)16-7-9-17(10-8-16)24-20(28)23-13-15-5-6-15/h7-10,15,18H,5-6,11-14H2,1-4H3,(H2,23,24,28). The quantitative estimate of drug-likeness (QED) is 0.771. The Morgan fingerprint density at radius 1 is 1.13 bits per heavy atom. The summed E-state index contributed by atoms with van der Waals surface area (Å²) >= 11 is 0. The molecule has 30 heavy (non-hydrogen) atoms. The third kappa shape index (κ3) is 6.11. The van der Waals surface area contributed by atoms with Gasteiger partial charge in [-0.1, -0.05) is 0 Å². The number of likely N-dealkylation sites (N-methyl/N-ethyl adjacent to an activating group) is 1. The third-order valence-electron chi connectivity index (χ3n) is 5.32. The van der Waals surface area contributed by atoms with Crippen molar-refractivity contribution in [2.45, 2.75) is 51.7 Å². The molecule has 1 saturated carbocycles. The molecule has 2 aliphatic rings. The van der Waals surface area contributed by atoms with E-state index in [9.17, 15) is 14.4 Å². The van der Waals surface area contributed by atoms with E-state index in [4.69, 9.17) is 4.74 Å². The Bertz CT molecular complexity index is 783. The number of hydrogen-bond acceptors (Lipinski definition) is 4. The molecule has 1 atom stereocenters. The van der Waals surface area contributed by atoms with Gasteiger partial charge in [0.2, 0.25) is 0 Å². The van der Waals surface area contributed by atoms with Gasteiger partial charge < -0.3 is 25.2 Å². The molecule has 1 unspecified atom stereocenters. The van der Waals surface area contributed by atoms with Crippen molar-refractivity contribution in [1.82, 2.24) is 15.1 Å². The fourth-order valence-corrected chi connectivity index (χ4v) is 3.35. The van der Waals surface area contributed by atoms with E-state index in [0.717, 1.165) is 0 Å². The second-order valence-corrected chi connectivity index (χ2v) is 9.14. The predicted octanol–water partition coefficient (Wildman–Crippen LogP) is 3.30. The summed E-state index contributed by atoms with van der Waals surface area (Å²) in [6.07, 6.45) is 2.73. The Morgan fingerprint density at radius 3 is 2.40 bits per heavy atom. The van der Waals surface area contributed by atoms with E-state index >= 15 is 0 Å². The van der Waals surface area contributed by atoms with Crippen LogP contribution in [0.3, 0.4) is 0 Å². The van der Waals surface area contributed by atoms with E-state index in [1.54, 1.807) is 41.1 Å². The number of likely N-dealkylation sites (tertiary alicyclic amines) is 1. The summed E-state index contributed by atoms with van der Waals surface area (Å²) in [5, 5.41) is 5.62. The molecule has 8 nitrogen and oxygen atoms in total. The molecule has 4 amide bonds. The van der Waals surface area contributed by atoms with E-state index in [1.165, 1.54) is 12.8 Å². The van der Waals surface area contributed by atoms with Crippen molar-refractivity contribution in [2.75, 3.05) is 32.0 Å². The minimum absolute atomic E-state index is 0.0592. The van der Waals surface area contributed by atoms with Gasteiger partial charge in [0.05, 0.1) is 6.04 Å². The van der Waals surface area contributed by atoms with Crippen LogP contribution in [0, 0.1) is 5.92 Å². The van der Waals surface area contributed by atoms with Crippen molar-refractivity contribution in [1.29, 1.82) is 0 Å². The van der Waals surface area contributed by atoms with Crippen LogP contribution in [0.5, 0.6) is 0 Å². The molecule has 0 spiro atoms. The van der Waals surface area contributed by atoms with E-state index in [2.05, 4.69) is 10.6 Å². The summed E-state index contributed by atoms with van der Waals surface area (Å²) in [5.74, 6) is 0.504. The first kappa shape index (κ1) is 21.9. The fourth-order valence-electron chi connectivity index (χ4n) is 3.35. The first-order chi connectivity index (χ1) is 14.1. The molecule has 1 aromatic carbocycles. The first-order valence-corrected chi connectivity index (χ1v) is 10.5. The lowest BCUT2D eigenvalue weighted by Crippen LogP contribution is -2.41. The van der Waals surface area contributed by atoms with Crippen LogP contribution in [0.15, 0.2) is 24.3 Å². The maximum Gasteiger partial charge on any atom is 0.410 e. The number of nitrogens with zero attached hydrogens (tertiary/aromatic N) is 2. The zero-order valence-electron chi connectivity index (χ0n) is 18.2. The SMILES string of the molecule is CN(C(=O)c1ccc(NC(=O)NCC2CC2)cc1)C1CCN(C(=O)OC(C)(C)C)C1. The average Bonchev–Trinajstić information content (AvgIpc) is 3.38. The van der Waals surface area contributed by atoms with Crippen molar-refractivity contribution in [3.63, 3.8) is 0 Å². The van der Waals surface area contributed by atoms with Crippen LogP contribution in [0.1, 0.15) is 50.4 Å². The van der Waals surface area contributed by atoms with E-state index in [-0.39, 0.29) is 24.1 Å². The predicted molar refractivity (Wildman–Crippen MR) is 114 cm³/mol. The van der Waals surface area contributed by atoms with Crippen LogP contribution in [0.25, 0.3) is 0 Å². The summed E-state index contributed by atoms with van der Waals surface area (Å²) in [6.45, 7) is 7.24. The summed E-state index contributed by atoms with van der Waals surface area (Å²) in [6, 6.07) is 6.56. The second kappa shape index (κ2) is 8.93. The molecule has 1 heterocycles. The van der Waals surface area contributed by atoms with Crippen molar-refractivity contribution < 1.29 is 19.1 Å². The lowest BCUT2D eigenvalue weighted by molar-refractivity contribution is 0.0279. The van der Waals surface area contributed by atoms with Gasteiger partial charge in [0.25, 0.3) is 5.91 Å². The van der Waals surface area contributed by atoms with Gasteiger partial charge in [-0.15, -0.1) is 0 Å². The molecule has 0 radical (unpaired) electrons. The molecule has 1 aliphatic heterocycles. The van der Waals surface area contributed by atoms with E-state index in [1.807, 2.05) is 20.8 Å². The summed E-state index contributed by atoms with van der Waals surface area (Å²) in [4.78, 5) is 40.3. The number of nitrogens with one attached hydrogen (secondary N) is 2. The van der Waals surface area contributed by atoms with Crippen molar-refractivity contribution >= 4 is 23.7 Å². The van der Waals surface area contributed by atoms with Crippen LogP contribution in [-0.2, 0) is 4.74 Å². The Hall–Kier alpha value is -2.77. The number of urea groups is 1. The number of ether oxygens (including phenoxy) is 1. The Kier molecular flexibility index (Phi) is 6.53. The smallest absolute Gasteiger partial charge is 0.410 e. The molecule has 164 valence electrons. The Labute approximate surface area is 177 Å². The van der Waals surface area contributed by atoms with Crippen LogP contribution < -0.4 is 10.6 Å². The molecule has 2 N–H and O–H groups in total. The summed E-state index contributed by atoms with van der Waals surface area (Å²) in [5.41, 5.74) is 0.637. The van der Waals surface area contributed by atoms with Crippen LogP contribution in [0.4, 0.5) is 15.3 Å². The molecule has 2 fully saturated rings.